The molecule has 0 saturated heterocycles. The number of phenolic OH excluding ortho intramolecular Hbond substituents is 1. The standard InChI is InChI=1S/C12H7ClN4O2/c13-8-5-7(1-2-10(8)18)12-16-11(17-19-12)9-3-4-14-6-15-9/h1-6,18H. The fraction of sp³-hybridized carbons (Fsp3) is 0. The van der Waals surface area contributed by atoms with E-state index < -0.39 is 0 Å². The molecule has 0 aliphatic rings. The van der Waals surface area contributed by atoms with Crippen LogP contribution in [0.3, 0.4) is 0 Å². The zero-order chi connectivity index (χ0) is 13.2. The lowest BCUT2D eigenvalue weighted by molar-refractivity contribution is 0.432. The molecule has 3 aromatic rings. The van der Waals surface area contributed by atoms with Crippen LogP contribution in [0.5, 0.6) is 5.75 Å². The molecule has 2 aromatic heterocycles. The summed E-state index contributed by atoms with van der Waals surface area (Å²) in [7, 11) is 0. The lowest BCUT2D eigenvalue weighted by Crippen LogP contribution is -1.86. The van der Waals surface area contributed by atoms with Crippen LogP contribution < -0.4 is 0 Å². The van der Waals surface area contributed by atoms with Crippen molar-refractivity contribution in [3.63, 3.8) is 0 Å². The van der Waals surface area contributed by atoms with E-state index in [9.17, 15) is 5.11 Å². The highest BCUT2D eigenvalue weighted by Crippen LogP contribution is 2.29. The maximum atomic E-state index is 9.36. The van der Waals surface area contributed by atoms with Crippen LogP contribution in [0.2, 0.25) is 5.02 Å². The highest BCUT2D eigenvalue weighted by molar-refractivity contribution is 6.32. The average molecular weight is 275 g/mol. The van der Waals surface area contributed by atoms with Crippen LogP contribution in [0, 0.1) is 0 Å². The van der Waals surface area contributed by atoms with Gasteiger partial charge >= 0.3 is 0 Å². The summed E-state index contributed by atoms with van der Waals surface area (Å²) in [6, 6.07) is 6.33. The third-order valence-electron chi connectivity index (χ3n) is 2.43. The van der Waals surface area contributed by atoms with Gasteiger partial charge in [-0.15, -0.1) is 0 Å². The number of hydrogen-bond donors (Lipinski definition) is 1. The molecule has 0 unspecified atom stereocenters. The van der Waals surface area contributed by atoms with E-state index in [4.69, 9.17) is 16.1 Å². The maximum Gasteiger partial charge on any atom is 0.258 e. The van der Waals surface area contributed by atoms with Crippen LogP contribution in [0.25, 0.3) is 23.0 Å². The predicted octanol–water partition coefficient (Wildman–Crippen LogP) is 2.55. The summed E-state index contributed by atoms with van der Waals surface area (Å²) in [5.74, 6) is 0.665. The normalized spacial score (nSPS) is 10.6. The van der Waals surface area contributed by atoms with Crippen molar-refractivity contribution in [1.82, 2.24) is 20.1 Å². The molecule has 0 spiro atoms. The molecule has 0 aliphatic carbocycles. The summed E-state index contributed by atoms with van der Waals surface area (Å²) in [4.78, 5) is 12.1. The first-order valence-corrected chi connectivity index (χ1v) is 5.71. The number of hydrogen-bond acceptors (Lipinski definition) is 6. The van der Waals surface area contributed by atoms with Crippen molar-refractivity contribution in [1.29, 1.82) is 0 Å². The van der Waals surface area contributed by atoms with E-state index in [1.54, 1.807) is 24.4 Å². The molecule has 1 N–H and O–H groups in total. The van der Waals surface area contributed by atoms with Crippen molar-refractivity contribution in [3.8, 4) is 28.7 Å². The number of aromatic hydroxyl groups is 1. The second kappa shape index (κ2) is 4.66. The van der Waals surface area contributed by atoms with Gasteiger partial charge in [0, 0.05) is 11.8 Å². The zero-order valence-corrected chi connectivity index (χ0v) is 10.2. The fourth-order valence-electron chi connectivity index (χ4n) is 1.51. The van der Waals surface area contributed by atoms with Crippen molar-refractivity contribution in [3.05, 3.63) is 41.8 Å². The van der Waals surface area contributed by atoms with E-state index in [1.807, 2.05) is 0 Å². The second-order valence-electron chi connectivity index (χ2n) is 3.68. The lowest BCUT2D eigenvalue weighted by Gasteiger charge is -1.97. The van der Waals surface area contributed by atoms with Crippen LogP contribution in [-0.4, -0.2) is 25.2 Å². The molecule has 0 saturated carbocycles. The first-order valence-electron chi connectivity index (χ1n) is 5.33. The third-order valence-corrected chi connectivity index (χ3v) is 2.73. The summed E-state index contributed by atoms with van der Waals surface area (Å²) >= 11 is 5.83. The van der Waals surface area contributed by atoms with Crippen molar-refractivity contribution < 1.29 is 9.63 Å². The Morgan fingerprint density at radius 1 is 1.21 bits per heavy atom. The van der Waals surface area contributed by atoms with Crippen LogP contribution in [0.1, 0.15) is 0 Å². The molecule has 0 bridgehead atoms. The molecule has 6 nitrogen and oxygen atoms in total. The molecule has 1 aromatic carbocycles. The van der Waals surface area contributed by atoms with E-state index >= 15 is 0 Å². The van der Waals surface area contributed by atoms with Gasteiger partial charge in [0.05, 0.1) is 5.02 Å². The van der Waals surface area contributed by atoms with Crippen LogP contribution in [0.15, 0.2) is 41.3 Å². The average Bonchev–Trinajstić information content (AvgIpc) is 2.93. The summed E-state index contributed by atoms with van der Waals surface area (Å²) in [6.45, 7) is 0. The molecule has 0 radical (unpaired) electrons. The highest BCUT2D eigenvalue weighted by Gasteiger charge is 2.12. The lowest BCUT2D eigenvalue weighted by atomic mass is 10.2. The number of benzene rings is 1. The summed E-state index contributed by atoms with van der Waals surface area (Å²) in [6.07, 6.45) is 3.00. The number of aromatic nitrogens is 4. The Kier molecular flexibility index (Phi) is 2.85. The Labute approximate surface area is 112 Å². The van der Waals surface area contributed by atoms with Crippen LogP contribution in [0.4, 0.5) is 0 Å². The van der Waals surface area contributed by atoms with Gasteiger partial charge in [-0.2, -0.15) is 4.98 Å². The van der Waals surface area contributed by atoms with Gasteiger partial charge in [-0.05, 0) is 24.3 Å². The van der Waals surface area contributed by atoms with Crippen molar-refractivity contribution in [2.75, 3.05) is 0 Å². The Bertz CT molecular complexity index is 715. The molecule has 94 valence electrons. The minimum absolute atomic E-state index is 0.000885. The molecular weight excluding hydrogens is 268 g/mol. The summed E-state index contributed by atoms with van der Waals surface area (Å²) in [5.41, 5.74) is 1.19. The van der Waals surface area contributed by atoms with Crippen molar-refractivity contribution >= 4 is 11.6 Å². The van der Waals surface area contributed by atoms with Gasteiger partial charge in [-0.1, -0.05) is 16.8 Å². The van der Waals surface area contributed by atoms with Crippen LogP contribution >= 0.6 is 11.6 Å². The number of halogens is 1. The number of nitrogens with zero attached hydrogens (tertiary/aromatic N) is 4. The van der Waals surface area contributed by atoms with Gasteiger partial charge in [-0.25, -0.2) is 9.97 Å². The predicted molar refractivity (Wildman–Crippen MR) is 67.4 cm³/mol. The van der Waals surface area contributed by atoms with Crippen molar-refractivity contribution in [2.45, 2.75) is 0 Å². The first-order chi connectivity index (χ1) is 9.24. The van der Waals surface area contributed by atoms with E-state index in [1.165, 1.54) is 12.4 Å². The summed E-state index contributed by atoms with van der Waals surface area (Å²) in [5, 5.41) is 13.4. The quantitative estimate of drug-likeness (QED) is 0.773. The van der Waals surface area contributed by atoms with Gasteiger partial charge in [0.1, 0.15) is 17.8 Å². The van der Waals surface area contributed by atoms with E-state index in [0.717, 1.165) is 0 Å². The molecular formula is C12H7ClN4O2. The van der Waals surface area contributed by atoms with Gasteiger partial charge in [0.25, 0.3) is 5.89 Å². The molecule has 0 fully saturated rings. The van der Waals surface area contributed by atoms with Gasteiger partial charge in [-0.3, -0.25) is 0 Å². The SMILES string of the molecule is Oc1ccc(-c2nc(-c3ccncn3)no2)cc1Cl. The smallest absolute Gasteiger partial charge is 0.258 e. The molecule has 0 aliphatic heterocycles. The summed E-state index contributed by atoms with van der Waals surface area (Å²) < 4.78 is 5.14. The molecule has 2 heterocycles. The number of phenols is 1. The highest BCUT2D eigenvalue weighted by atomic mass is 35.5. The van der Waals surface area contributed by atoms with E-state index in [2.05, 4.69) is 20.1 Å². The molecule has 7 heteroatoms. The zero-order valence-electron chi connectivity index (χ0n) is 9.49. The van der Waals surface area contributed by atoms with Gasteiger partial charge < -0.3 is 9.63 Å². The van der Waals surface area contributed by atoms with E-state index in [0.29, 0.717) is 23.0 Å². The second-order valence-corrected chi connectivity index (χ2v) is 4.09. The Morgan fingerprint density at radius 3 is 2.84 bits per heavy atom. The number of rotatable bonds is 2. The van der Waals surface area contributed by atoms with Crippen LogP contribution in [-0.2, 0) is 0 Å². The maximum absolute atomic E-state index is 9.36. The molecule has 19 heavy (non-hydrogen) atoms. The Morgan fingerprint density at radius 2 is 2.11 bits per heavy atom. The minimum Gasteiger partial charge on any atom is -0.506 e. The first kappa shape index (κ1) is 11.6. The Balaban J connectivity index is 1.99. The topological polar surface area (TPSA) is 84.9 Å². The largest absolute Gasteiger partial charge is 0.506 e. The molecule has 3 rings (SSSR count). The molecule has 0 amide bonds. The Hall–Kier alpha value is -2.47. The minimum atomic E-state index is 0.000885. The van der Waals surface area contributed by atoms with E-state index in [-0.39, 0.29) is 10.8 Å². The monoisotopic (exact) mass is 274 g/mol. The van der Waals surface area contributed by atoms with Crippen molar-refractivity contribution in [2.24, 2.45) is 0 Å². The molecule has 0 atom stereocenters. The van der Waals surface area contributed by atoms with Gasteiger partial charge in [0.15, 0.2) is 0 Å². The third kappa shape index (κ3) is 2.25. The van der Waals surface area contributed by atoms with Gasteiger partial charge in [0.2, 0.25) is 5.82 Å². The fourth-order valence-corrected chi connectivity index (χ4v) is 1.69.